The van der Waals surface area contributed by atoms with Gasteiger partial charge < -0.3 is 10.5 Å². The number of rotatable bonds is 2. The Kier molecular flexibility index (Phi) is 3.01. The first-order valence-corrected chi connectivity index (χ1v) is 5.54. The fourth-order valence-electron chi connectivity index (χ4n) is 2.50. The minimum Gasteiger partial charge on any atom is -0.446 e. The maximum absolute atomic E-state index is 12.7. The standard InChI is InChI=1S/C10H16F2N2O2/c11-10(12)5-14(6-10)7-1-3-8(4-2-7)16-9(13)15/h7-8H,1-6H2,(H2,13,15)/t7-,8-. The SMILES string of the molecule is NC(=O)O[C@H]1CC[C@H](N2CC(F)(F)C2)CC1. The molecule has 6 heteroatoms. The van der Waals surface area contributed by atoms with Crippen LogP contribution in [0.25, 0.3) is 0 Å². The Labute approximate surface area is 92.7 Å². The van der Waals surface area contributed by atoms with Crippen LogP contribution in [0.4, 0.5) is 13.6 Å². The van der Waals surface area contributed by atoms with Crippen molar-refractivity contribution in [2.24, 2.45) is 5.73 Å². The Hall–Kier alpha value is -0.910. The molecule has 1 heterocycles. The number of nitrogens with zero attached hydrogens (tertiary/aromatic N) is 1. The molecule has 92 valence electrons. The molecule has 1 aliphatic carbocycles. The molecule has 0 aromatic heterocycles. The summed E-state index contributed by atoms with van der Waals surface area (Å²) in [4.78, 5) is 12.3. The molecule has 16 heavy (non-hydrogen) atoms. The van der Waals surface area contributed by atoms with Crippen molar-refractivity contribution in [3.8, 4) is 0 Å². The molecule has 0 aromatic rings. The van der Waals surface area contributed by atoms with Crippen LogP contribution >= 0.6 is 0 Å². The maximum atomic E-state index is 12.7. The predicted molar refractivity (Wildman–Crippen MR) is 53.2 cm³/mol. The fraction of sp³-hybridized carbons (Fsp3) is 0.900. The lowest BCUT2D eigenvalue weighted by Gasteiger charge is -2.45. The predicted octanol–water partition coefficient (Wildman–Crippen LogP) is 1.34. The highest BCUT2D eigenvalue weighted by molar-refractivity contribution is 5.64. The van der Waals surface area contributed by atoms with E-state index in [1.54, 1.807) is 4.90 Å². The molecule has 1 saturated heterocycles. The molecule has 2 aliphatic rings. The van der Waals surface area contributed by atoms with Gasteiger partial charge in [-0.15, -0.1) is 0 Å². The number of amides is 1. The van der Waals surface area contributed by atoms with Crippen LogP contribution in [0.15, 0.2) is 0 Å². The van der Waals surface area contributed by atoms with E-state index in [2.05, 4.69) is 0 Å². The van der Waals surface area contributed by atoms with Gasteiger partial charge in [-0.1, -0.05) is 0 Å². The summed E-state index contributed by atoms with van der Waals surface area (Å²) in [6.45, 7) is -0.252. The van der Waals surface area contributed by atoms with Gasteiger partial charge in [-0.25, -0.2) is 13.6 Å². The van der Waals surface area contributed by atoms with Gasteiger partial charge in [-0.3, -0.25) is 4.90 Å². The molecule has 0 atom stereocenters. The highest BCUT2D eigenvalue weighted by Crippen LogP contribution is 2.34. The van der Waals surface area contributed by atoms with E-state index in [1.807, 2.05) is 0 Å². The van der Waals surface area contributed by atoms with Crippen molar-refractivity contribution in [2.45, 2.75) is 43.8 Å². The molecule has 1 saturated carbocycles. The topological polar surface area (TPSA) is 55.6 Å². The molecule has 0 bridgehead atoms. The van der Waals surface area contributed by atoms with Crippen molar-refractivity contribution in [1.82, 2.24) is 4.90 Å². The Balaban J connectivity index is 1.72. The molecule has 4 nitrogen and oxygen atoms in total. The van der Waals surface area contributed by atoms with Crippen LogP contribution < -0.4 is 5.73 Å². The number of halogens is 2. The number of nitrogens with two attached hydrogens (primary N) is 1. The van der Waals surface area contributed by atoms with E-state index in [0.717, 1.165) is 25.7 Å². The molecular weight excluding hydrogens is 218 g/mol. The Bertz CT molecular complexity index is 270. The average Bonchev–Trinajstić information content (AvgIpc) is 2.14. The van der Waals surface area contributed by atoms with E-state index >= 15 is 0 Å². The van der Waals surface area contributed by atoms with Crippen LogP contribution in [0, 0.1) is 0 Å². The lowest BCUT2D eigenvalue weighted by Crippen LogP contribution is -2.60. The molecule has 0 spiro atoms. The summed E-state index contributed by atoms with van der Waals surface area (Å²) >= 11 is 0. The van der Waals surface area contributed by atoms with Crippen LogP contribution in [0.2, 0.25) is 0 Å². The van der Waals surface area contributed by atoms with Crippen molar-refractivity contribution in [1.29, 1.82) is 0 Å². The van der Waals surface area contributed by atoms with Gasteiger partial charge in [0, 0.05) is 6.04 Å². The van der Waals surface area contributed by atoms with E-state index in [1.165, 1.54) is 0 Å². The Morgan fingerprint density at radius 2 is 1.81 bits per heavy atom. The summed E-state index contributed by atoms with van der Waals surface area (Å²) < 4.78 is 30.2. The number of primary amides is 1. The van der Waals surface area contributed by atoms with Gasteiger partial charge in [0.1, 0.15) is 6.10 Å². The number of ether oxygens (including phenoxy) is 1. The van der Waals surface area contributed by atoms with Gasteiger partial charge in [0.25, 0.3) is 5.92 Å². The van der Waals surface area contributed by atoms with E-state index in [9.17, 15) is 13.6 Å². The summed E-state index contributed by atoms with van der Waals surface area (Å²) in [5, 5.41) is 0. The largest absolute Gasteiger partial charge is 0.446 e. The minimum atomic E-state index is -2.50. The van der Waals surface area contributed by atoms with Crippen molar-refractivity contribution < 1.29 is 18.3 Å². The van der Waals surface area contributed by atoms with E-state index < -0.39 is 12.0 Å². The second-order valence-corrected chi connectivity index (χ2v) is 4.63. The number of hydrogen-bond acceptors (Lipinski definition) is 3. The highest BCUT2D eigenvalue weighted by Gasteiger charge is 2.47. The van der Waals surface area contributed by atoms with Crippen molar-refractivity contribution in [3.63, 3.8) is 0 Å². The molecule has 0 unspecified atom stereocenters. The third kappa shape index (κ3) is 2.61. The number of hydrogen-bond donors (Lipinski definition) is 1. The van der Waals surface area contributed by atoms with Gasteiger partial charge in [-0.05, 0) is 25.7 Å². The van der Waals surface area contributed by atoms with Crippen molar-refractivity contribution in [2.75, 3.05) is 13.1 Å². The fourth-order valence-corrected chi connectivity index (χ4v) is 2.50. The second kappa shape index (κ2) is 4.16. The summed E-state index contributed by atoms with van der Waals surface area (Å²) in [5.41, 5.74) is 4.92. The Morgan fingerprint density at radius 3 is 2.25 bits per heavy atom. The van der Waals surface area contributed by atoms with Gasteiger partial charge in [0.2, 0.25) is 0 Å². The summed E-state index contributed by atoms with van der Waals surface area (Å²) in [5.74, 6) is -2.50. The average molecular weight is 234 g/mol. The number of carbonyl (C=O) groups is 1. The number of carbonyl (C=O) groups excluding carboxylic acids is 1. The zero-order valence-corrected chi connectivity index (χ0v) is 8.99. The first kappa shape index (κ1) is 11.6. The summed E-state index contributed by atoms with van der Waals surface area (Å²) in [7, 11) is 0. The van der Waals surface area contributed by atoms with Crippen LogP contribution in [0.1, 0.15) is 25.7 Å². The zero-order valence-electron chi connectivity index (χ0n) is 8.99. The molecular formula is C10H16F2N2O2. The zero-order chi connectivity index (χ0) is 11.8. The smallest absolute Gasteiger partial charge is 0.404 e. The van der Waals surface area contributed by atoms with Gasteiger partial charge in [0.15, 0.2) is 0 Å². The highest BCUT2D eigenvalue weighted by atomic mass is 19.3. The van der Waals surface area contributed by atoms with Crippen LogP contribution in [-0.4, -0.2) is 42.2 Å². The van der Waals surface area contributed by atoms with Gasteiger partial charge in [0.05, 0.1) is 13.1 Å². The van der Waals surface area contributed by atoms with E-state index in [4.69, 9.17) is 10.5 Å². The lowest BCUT2D eigenvalue weighted by molar-refractivity contribution is -0.151. The normalized spacial score (nSPS) is 34.1. The lowest BCUT2D eigenvalue weighted by atomic mass is 9.89. The molecule has 1 aliphatic heterocycles. The molecule has 2 fully saturated rings. The summed E-state index contributed by atoms with van der Waals surface area (Å²) in [6, 6.07) is 0.215. The quantitative estimate of drug-likeness (QED) is 0.784. The molecule has 0 aromatic carbocycles. The van der Waals surface area contributed by atoms with Gasteiger partial charge >= 0.3 is 6.09 Å². The minimum absolute atomic E-state index is 0.126. The van der Waals surface area contributed by atoms with Crippen LogP contribution in [-0.2, 0) is 4.74 Å². The Morgan fingerprint density at radius 1 is 1.25 bits per heavy atom. The third-order valence-electron chi connectivity index (χ3n) is 3.31. The van der Waals surface area contributed by atoms with E-state index in [-0.39, 0.29) is 25.2 Å². The molecule has 2 N–H and O–H groups in total. The first-order chi connectivity index (χ1) is 7.46. The van der Waals surface area contributed by atoms with Crippen molar-refractivity contribution >= 4 is 6.09 Å². The molecule has 1 amide bonds. The first-order valence-electron chi connectivity index (χ1n) is 5.54. The monoisotopic (exact) mass is 234 g/mol. The summed E-state index contributed by atoms with van der Waals surface area (Å²) in [6.07, 6.45) is 2.16. The van der Waals surface area contributed by atoms with Crippen LogP contribution in [0.5, 0.6) is 0 Å². The number of likely N-dealkylation sites (tertiary alicyclic amines) is 1. The van der Waals surface area contributed by atoms with Crippen LogP contribution in [0.3, 0.4) is 0 Å². The van der Waals surface area contributed by atoms with Gasteiger partial charge in [-0.2, -0.15) is 0 Å². The second-order valence-electron chi connectivity index (χ2n) is 4.63. The van der Waals surface area contributed by atoms with E-state index in [0.29, 0.717) is 0 Å². The molecule has 0 radical (unpaired) electrons. The molecule has 2 rings (SSSR count). The maximum Gasteiger partial charge on any atom is 0.404 e. The third-order valence-corrected chi connectivity index (χ3v) is 3.31. The number of alkyl halides is 2. The van der Waals surface area contributed by atoms with Crippen molar-refractivity contribution in [3.05, 3.63) is 0 Å².